The van der Waals surface area contributed by atoms with Gasteiger partial charge < -0.3 is 19.5 Å². The van der Waals surface area contributed by atoms with Crippen molar-refractivity contribution in [2.45, 2.75) is 40.0 Å². The number of phenols is 1. The van der Waals surface area contributed by atoms with Crippen LogP contribution in [0.5, 0.6) is 17.2 Å². The average molecular weight is 560 g/mol. The van der Waals surface area contributed by atoms with Gasteiger partial charge in [0.15, 0.2) is 11.5 Å². The number of fused-ring (bicyclic) bond motifs is 1. The van der Waals surface area contributed by atoms with Crippen LogP contribution in [0.15, 0.2) is 91.0 Å². The average Bonchev–Trinajstić information content (AvgIpc) is 3.52. The largest absolute Gasteiger partial charge is 0.507 e. The Morgan fingerprint density at radius 3 is 2.29 bits per heavy atom. The molecule has 2 heterocycles. The summed E-state index contributed by atoms with van der Waals surface area (Å²) in [4.78, 5) is 15.8. The van der Waals surface area contributed by atoms with Crippen LogP contribution in [0.2, 0.25) is 0 Å². The Morgan fingerprint density at radius 2 is 1.60 bits per heavy atom. The molecule has 2 N–H and O–H groups in total. The molecule has 0 saturated heterocycles. The maximum atomic E-state index is 13.9. The van der Waals surface area contributed by atoms with Crippen molar-refractivity contribution in [3.63, 3.8) is 0 Å². The van der Waals surface area contributed by atoms with Gasteiger partial charge in [-0.25, -0.2) is 0 Å². The number of ether oxygens (including phenoxy) is 2. The second-order valence-corrected chi connectivity index (χ2v) is 10.6. The number of nitrogens with one attached hydrogen (secondary N) is 1. The van der Waals surface area contributed by atoms with E-state index in [2.05, 4.69) is 10.2 Å². The molecule has 0 aliphatic carbocycles. The van der Waals surface area contributed by atoms with E-state index in [-0.39, 0.29) is 11.7 Å². The number of benzene rings is 4. The molecule has 0 radical (unpaired) electrons. The van der Waals surface area contributed by atoms with Crippen LogP contribution < -0.4 is 9.47 Å². The standard InChI is InChI=1S/C35H33N3O4/c1-4-41-29-19-26(15-16-28(29)42-21-25-13-9-6-10-14-25)34-31-32(30-23(3)17-22(2)18-27(30)39)36-37-33(31)35(40)38(34)20-24-11-7-5-8-12-24/h5-19,34,39H,4,20-21H2,1-3H3,(H,36,37). The highest BCUT2D eigenvalue weighted by Gasteiger charge is 2.43. The van der Waals surface area contributed by atoms with E-state index in [0.29, 0.717) is 48.2 Å². The van der Waals surface area contributed by atoms with E-state index in [9.17, 15) is 9.90 Å². The van der Waals surface area contributed by atoms with E-state index in [0.717, 1.165) is 33.4 Å². The van der Waals surface area contributed by atoms with Gasteiger partial charge in [-0.2, -0.15) is 5.10 Å². The van der Waals surface area contributed by atoms with Crippen LogP contribution in [-0.4, -0.2) is 32.7 Å². The number of amides is 1. The molecule has 1 unspecified atom stereocenters. The Kier molecular flexibility index (Phi) is 7.40. The number of aryl methyl sites for hydroxylation is 2. The Balaban J connectivity index is 1.46. The number of aromatic amines is 1. The van der Waals surface area contributed by atoms with E-state index in [4.69, 9.17) is 9.47 Å². The third-order valence-electron chi connectivity index (χ3n) is 7.58. The summed E-state index contributed by atoms with van der Waals surface area (Å²) in [5.74, 6) is 1.22. The molecule has 1 aliphatic rings. The molecule has 1 atom stereocenters. The Morgan fingerprint density at radius 1 is 0.881 bits per heavy atom. The van der Waals surface area contributed by atoms with Crippen molar-refractivity contribution in [2.75, 3.05) is 6.61 Å². The monoisotopic (exact) mass is 559 g/mol. The normalized spacial score (nSPS) is 14.2. The molecular formula is C35H33N3O4. The number of carbonyl (C=O) groups is 1. The van der Waals surface area contributed by atoms with E-state index in [1.165, 1.54) is 0 Å². The quantitative estimate of drug-likeness (QED) is 0.201. The number of hydrogen-bond donors (Lipinski definition) is 2. The van der Waals surface area contributed by atoms with Gasteiger partial charge in [0.05, 0.1) is 12.6 Å². The smallest absolute Gasteiger partial charge is 0.273 e. The number of aromatic nitrogens is 2. The Bertz CT molecular complexity index is 1710. The van der Waals surface area contributed by atoms with Crippen molar-refractivity contribution >= 4 is 5.91 Å². The molecule has 4 aromatic carbocycles. The number of phenolic OH excluding ortho intramolecular Hbond substituents is 1. The van der Waals surface area contributed by atoms with Gasteiger partial charge in [-0.05, 0) is 66.8 Å². The zero-order valence-electron chi connectivity index (χ0n) is 23.9. The highest BCUT2D eigenvalue weighted by atomic mass is 16.5. The van der Waals surface area contributed by atoms with Crippen LogP contribution in [0.1, 0.15) is 56.8 Å². The van der Waals surface area contributed by atoms with Gasteiger partial charge >= 0.3 is 0 Å². The fourth-order valence-corrected chi connectivity index (χ4v) is 5.75. The molecule has 212 valence electrons. The summed E-state index contributed by atoms with van der Waals surface area (Å²) in [7, 11) is 0. The van der Waals surface area contributed by atoms with Crippen LogP contribution in [0, 0.1) is 13.8 Å². The number of aromatic hydroxyl groups is 1. The van der Waals surface area contributed by atoms with E-state index >= 15 is 0 Å². The van der Waals surface area contributed by atoms with Gasteiger partial charge in [-0.15, -0.1) is 0 Å². The Hall–Kier alpha value is -5.04. The van der Waals surface area contributed by atoms with Gasteiger partial charge in [0.25, 0.3) is 5.91 Å². The molecule has 0 spiro atoms. The second-order valence-electron chi connectivity index (χ2n) is 10.6. The molecule has 7 nitrogen and oxygen atoms in total. The first-order valence-corrected chi connectivity index (χ1v) is 14.1. The summed E-state index contributed by atoms with van der Waals surface area (Å²) in [6.07, 6.45) is 0. The minimum Gasteiger partial charge on any atom is -0.507 e. The lowest BCUT2D eigenvalue weighted by atomic mass is 9.93. The van der Waals surface area contributed by atoms with Crippen molar-refractivity contribution in [3.05, 3.63) is 130 Å². The van der Waals surface area contributed by atoms with E-state index in [1.54, 1.807) is 6.07 Å². The molecule has 1 aromatic heterocycles. The maximum absolute atomic E-state index is 13.9. The first-order chi connectivity index (χ1) is 20.4. The van der Waals surface area contributed by atoms with Crippen molar-refractivity contribution in [1.29, 1.82) is 0 Å². The summed E-state index contributed by atoms with van der Waals surface area (Å²) in [5.41, 5.74) is 7.10. The molecule has 1 amide bonds. The lowest BCUT2D eigenvalue weighted by Gasteiger charge is -2.27. The lowest BCUT2D eigenvalue weighted by molar-refractivity contribution is 0.0729. The van der Waals surface area contributed by atoms with Crippen LogP contribution in [0.25, 0.3) is 11.3 Å². The summed E-state index contributed by atoms with van der Waals surface area (Å²) in [5, 5.41) is 18.6. The third kappa shape index (κ3) is 5.09. The summed E-state index contributed by atoms with van der Waals surface area (Å²) >= 11 is 0. The van der Waals surface area contributed by atoms with Crippen LogP contribution >= 0.6 is 0 Å². The van der Waals surface area contributed by atoms with E-state index < -0.39 is 6.04 Å². The predicted octanol–water partition coefficient (Wildman–Crippen LogP) is 7.12. The number of nitrogens with zero attached hydrogens (tertiary/aromatic N) is 2. The molecule has 6 rings (SSSR count). The maximum Gasteiger partial charge on any atom is 0.273 e. The highest BCUT2D eigenvalue weighted by Crippen LogP contribution is 2.47. The fourth-order valence-electron chi connectivity index (χ4n) is 5.75. The molecule has 0 saturated carbocycles. The predicted molar refractivity (Wildman–Crippen MR) is 162 cm³/mol. The minimum absolute atomic E-state index is 0.133. The van der Waals surface area contributed by atoms with Gasteiger partial charge in [-0.1, -0.05) is 72.8 Å². The van der Waals surface area contributed by atoms with Gasteiger partial charge in [0.1, 0.15) is 23.7 Å². The summed E-state index contributed by atoms with van der Waals surface area (Å²) < 4.78 is 12.2. The molecule has 0 bridgehead atoms. The lowest BCUT2D eigenvalue weighted by Crippen LogP contribution is -2.29. The van der Waals surface area contributed by atoms with Gasteiger partial charge in [0, 0.05) is 17.7 Å². The van der Waals surface area contributed by atoms with Crippen molar-refractivity contribution in [2.24, 2.45) is 0 Å². The summed E-state index contributed by atoms with van der Waals surface area (Å²) in [6.45, 7) is 7.09. The number of hydrogen-bond acceptors (Lipinski definition) is 5. The Labute approximate surface area is 245 Å². The molecule has 42 heavy (non-hydrogen) atoms. The third-order valence-corrected chi connectivity index (χ3v) is 7.58. The zero-order valence-corrected chi connectivity index (χ0v) is 23.9. The number of carbonyl (C=O) groups excluding carboxylic acids is 1. The van der Waals surface area contributed by atoms with E-state index in [1.807, 2.05) is 111 Å². The van der Waals surface area contributed by atoms with Crippen LogP contribution in [0.3, 0.4) is 0 Å². The summed E-state index contributed by atoms with van der Waals surface area (Å²) in [6, 6.07) is 29.0. The minimum atomic E-state index is -0.469. The molecule has 5 aromatic rings. The first kappa shape index (κ1) is 27.1. The second kappa shape index (κ2) is 11.4. The first-order valence-electron chi connectivity index (χ1n) is 14.1. The number of rotatable bonds is 9. The highest BCUT2D eigenvalue weighted by molar-refractivity contribution is 6.00. The SMILES string of the molecule is CCOc1cc(C2c3c(-c4c(C)cc(C)cc4O)n[nH]c3C(=O)N2Cc2ccccc2)ccc1OCc1ccccc1. The van der Waals surface area contributed by atoms with Crippen LogP contribution in [-0.2, 0) is 13.2 Å². The van der Waals surface area contributed by atoms with Crippen molar-refractivity contribution < 1.29 is 19.4 Å². The molecule has 7 heteroatoms. The van der Waals surface area contributed by atoms with Crippen molar-refractivity contribution in [1.82, 2.24) is 15.1 Å². The topological polar surface area (TPSA) is 87.7 Å². The van der Waals surface area contributed by atoms with Crippen LogP contribution in [0.4, 0.5) is 0 Å². The molecule has 0 fully saturated rings. The van der Waals surface area contributed by atoms with Gasteiger partial charge in [-0.3, -0.25) is 9.89 Å². The zero-order chi connectivity index (χ0) is 29.2. The van der Waals surface area contributed by atoms with Crippen molar-refractivity contribution in [3.8, 4) is 28.5 Å². The molecule has 1 aliphatic heterocycles. The molecular weight excluding hydrogens is 526 g/mol. The number of H-pyrrole nitrogens is 1. The fraction of sp³-hybridized carbons (Fsp3) is 0.200. The van der Waals surface area contributed by atoms with Gasteiger partial charge in [0.2, 0.25) is 0 Å².